The lowest BCUT2D eigenvalue weighted by atomic mass is 10.0. The summed E-state index contributed by atoms with van der Waals surface area (Å²) in [4.78, 5) is 28.8. The molecule has 1 N–H and O–H groups in total. The van der Waals surface area contributed by atoms with Crippen molar-refractivity contribution in [2.75, 3.05) is 34.5 Å². The second kappa shape index (κ2) is 14.0. The number of rotatable bonds is 13. The number of amides is 2. The Kier molecular flexibility index (Phi) is 10.5. The highest BCUT2D eigenvalue weighted by Crippen LogP contribution is 2.29. The van der Waals surface area contributed by atoms with Crippen molar-refractivity contribution < 1.29 is 28.2 Å². The van der Waals surface area contributed by atoms with E-state index >= 15 is 0 Å². The lowest BCUT2D eigenvalue weighted by molar-refractivity contribution is -0.141. The molecule has 0 radical (unpaired) electrons. The van der Waals surface area contributed by atoms with E-state index in [9.17, 15) is 14.0 Å². The van der Waals surface area contributed by atoms with Gasteiger partial charge >= 0.3 is 0 Å². The van der Waals surface area contributed by atoms with Crippen LogP contribution >= 0.6 is 0 Å². The predicted molar refractivity (Wildman–Crippen MR) is 139 cm³/mol. The number of nitrogens with one attached hydrogen (secondary N) is 1. The predicted octanol–water partition coefficient (Wildman–Crippen LogP) is 4.31. The van der Waals surface area contributed by atoms with E-state index in [0.29, 0.717) is 47.8 Å². The van der Waals surface area contributed by atoms with Gasteiger partial charge in [0.15, 0.2) is 11.5 Å². The monoisotopic (exact) mass is 508 g/mol. The summed E-state index contributed by atoms with van der Waals surface area (Å²) in [5.74, 6) is 0.123. The first-order valence-electron chi connectivity index (χ1n) is 12.0. The maximum Gasteiger partial charge on any atom is 0.247 e. The molecule has 0 saturated carbocycles. The second-order valence-electron chi connectivity index (χ2n) is 8.46. The molecule has 0 spiro atoms. The van der Waals surface area contributed by atoms with Crippen molar-refractivity contribution in [2.45, 2.75) is 25.4 Å². The summed E-state index contributed by atoms with van der Waals surface area (Å²) in [7, 11) is 4.68. The van der Waals surface area contributed by atoms with Gasteiger partial charge in [0.05, 0.1) is 20.6 Å². The quantitative estimate of drug-likeness (QED) is 0.348. The zero-order chi connectivity index (χ0) is 26.6. The van der Waals surface area contributed by atoms with Crippen molar-refractivity contribution >= 4 is 11.8 Å². The van der Waals surface area contributed by atoms with Gasteiger partial charge in [-0.05, 0) is 47.4 Å². The van der Waals surface area contributed by atoms with Crippen LogP contribution in [0, 0.1) is 5.82 Å². The number of hydrogen-bond acceptors (Lipinski definition) is 5. The van der Waals surface area contributed by atoms with Crippen LogP contribution in [0.2, 0.25) is 0 Å². The van der Waals surface area contributed by atoms with E-state index in [-0.39, 0.29) is 30.6 Å². The molecular formula is C29H33FN2O5. The van der Waals surface area contributed by atoms with Gasteiger partial charge in [-0.2, -0.15) is 0 Å². The third-order valence-corrected chi connectivity index (χ3v) is 5.89. The Morgan fingerprint density at radius 2 is 1.57 bits per heavy atom. The van der Waals surface area contributed by atoms with Crippen molar-refractivity contribution in [3.8, 4) is 11.5 Å². The molecule has 1 atom stereocenters. The molecule has 7 nitrogen and oxygen atoms in total. The molecule has 0 aliphatic heterocycles. The van der Waals surface area contributed by atoms with E-state index < -0.39 is 6.04 Å². The average Bonchev–Trinajstić information content (AvgIpc) is 2.92. The number of carbonyl (C=O) groups excluding carboxylic acids is 2. The van der Waals surface area contributed by atoms with Crippen LogP contribution < -0.4 is 14.8 Å². The average molecular weight is 509 g/mol. The Morgan fingerprint density at radius 1 is 0.892 bits per heavy atom. The fourth-order valence-corrected chi connectivity index (χ4v) is 4.01. The van der Waals surface area contributed by atoms with Gasteiger partial charge in [0.1, 0.15) is 11.9 Å². The van der Waals surface area contributed by atoms with Crippen molar-refractivity contribution in [3.63, 3.8) is 0 Å². The molecule has 0 saturated heterocycles. The van der Waals surface area contributed by atoms with Crippen molar-refractivity contribution in [2.24, 2.45) is 0 Å². The maximum absolute atomic E-state index is 13.8. The van der Waals surface area contributed by atoms with Gasteiger partial charge in [-0.25, -0.2) is 4.39 Å². The van der Waals surface area contributed by atoms with E-state index in [2.05, 4.69) is 5.32 Å². The van der Waals surface area contributed by atoms with Crippen molar-refractivity contribution in [1.82, 2.24) is 10.2 Å². The molecule has 0 unspecified atom stereocenters. The van der Waals surface area contributed by atoms with E-state index in [4.69, 9.17) is 14.2 Å². The minimum Gasteiger partial charge on any atom is -0.493 e. The highest BCUT2D eigenvalue weighted by Gasteiger charge is 2.31. The Labute approximate surface area is 217 Å². The SMILES string of the molecule is COCCCNC(=O)[C@@H](c1ccccc1)N(Cc1ccc(F)cc1)C(=O)Cc1ccc(OC)c(OC)c1. The van der Waals surface area contributed by atoms with Crippen LogP contribution in [0.1, 0.15) is 29.2 Å². The number of hydrogen-bond donors (Lipinski definition) is 1. The summed E-state index contributed by atoms with van der Waals surface area (Å²) >= 11 is 0. The van der Waals surface area contributed by atoms with Crippen LogP contribution in [-0.4, -0.2) is 51.2 Å². The van der Waals surface area contributed by atoms with Gasteiger partial charge in [0.25, 0.3) is 0 Å². The zero-order valence-corrected chi connectivity index (χ0v) is 21.4. The Bertz CT molecular complexity index is 1150. The Hall–Kier alpha value is -3.91. The topological polar surface area (TPSA) is 77.1 Å². The van der Waals surface area contributed by atoms with Crippen molar-refractivity contribution in [1.29, 1.82) is 0 Å². The van der Waals surface area contributed by atoms with E-state index in [1.165, 1.54) is 24.1 Å². The van der Waals surface area contributed by atoms with Gasteiger partial charge in [0.2, 0.25) is 11.8 Å². The molecule has 8 heteroatoms. The fraction of sp³-hybridized carbons (Fsp3) is 0.310. The Morgan fingerprint density at radius 3 is 2.22 bits per heavy atom. The molecule has 3 aromatic rings. The van der Waals surface area contributed by atoms with E-state index in [1.54, 1.807) is 44.6 Å². The van der Waals surface area contributed by atoms with Crippen LogP contribution in [0.25, 0.3) is 0 Å². The molecule has 3 aromatic carbocycles. The molecule has 0 aromatic heterocycles. The molecule has 37 heavy (non-hydrogen) atoms. The summed E-state index contributed by atoms with van der Waals surface area (Å²) in [6.07, 6.45) is 0.670. The van der Waals surface area contributed by atoms with Crippen LogP contribution in [0.3, 0.4) is 0 Å². The van der Waals surface area contributed by atoms with Crippen LogP contribution in [-0.2, 0) is 27.3 Å². The zero-order valence-electron chi connectivity index (χ0n) is 21.4. The van der Waals surface area contributed by atoms with Gasteiger partial charge in [-0.15, -0.1) is 0 Å². The maximum atomic E-state index is 13.8. The molecule has 0 bridgehead atoms. The molecular weight excluding hydrogens is 475 g/mol. The van der Waals surface area contributed by atoms with E-state index in [1.807, 2.05) is 30.3 Å². The normalized spacial score (nSPS) is 11.5. The molecule has 3 rings (SSSR count). The highest BCUT2D eigenvalue weighted by molar-refractivity contribution is 5.89. The number of carbonyl (C=O) groups is 2. The third kappa shape index (κ3) is 7.79. The Balaban J connectivity index is 1.96. The molecule has 196 valence electrons. The summed E-state index contributed by atoms with van der Waals surface area (Å²) in [5.41, 5.74) is 2.09. The third-order valence-electron chi connectivity index (χ3n) is 5.89. The standard InChI is InChI=1S/C29H33FN2O5/c1-35-17-7-16-31-29(34)28(23-8-5-4-6-9-23)32(20-21-10-13-24(30)14-11-21)27(33)19-22-12-15-25(36-2)26(18-22)37-3/h4-6,8-15,18,28H,7,16-17,19-20H2,1-3H3,(H,31,34)/t28-/m1/s1. The van der Waals surface area contributed by atoms with Crippen LogP contribution in [0.15, 0.2) is 72.8 Å². The number of benzene rings is 3. The molecule has 0 heterocycles. The molecule has 0 aliphatic carbocycles. The number of nitrogens with zero attached hydrogens (tertiary/aromatic N) is 1. The number of ether oxygens (including phenoxy) is 3. The lowest BCUT2D eigenvalue weighted by Crippen LogP contribution is -2.44. The second-order valence-corrected chi connectivity index (χ2v) is 8.46. The minimum absolute atomic E-state index is 0.0296. The van der Waals surface area contributed by atoms with Gasteiger partial charge < -0.3 is 24.4 Å². The van der Waals surface area contributed by atoms with E-state index in [0.717, 1.165) is 0 Å². The molecule has 2 amide bonds. The van der Waals surface area contributed by atoms with Crippen molar-refractivity contribution in [3.05, 3.63) is 95.3 Å². The summed E-state index contributed by atoms with van der Waals surface area (Å²) in [6.45, 7) is 1.04. The summed E-state index contributed by atoms with van der Waals surface area (Å²) in [6, 6.07) is 19.5. The van der Waals surface area contributed by atoms with Crippen LogP contribution in [0.4, 0.5) is 4.39 Å². The smallest absolute Gasteiger partial charge is 0.247 e. The number of methoxy groups -OCH3 is 3. The summed E-state index contributed by atoms with van der Waals surface area (Å²) in [5, 5.41) is 2.93. The first-order chi connectivity index (χ1) is 18.0. The first-order valence-corrected chi connectivity index (χ1v) is 12.0. The lowest BCUT2D eigenvalue weighted by Gasteiger charge is -2.32. The minimum atomic E-state index is -0.888. The van der Waals surface area contributed by atoms with Gasteiger partial charge in [0, 0.05) is 26.8 Å². The summed E-state index contributed by atoms with van der Waals surface area (Å²) < 4.78 is 29.3. The fourth-order valence-electron chi connectivity index (χ4n) is 4.01. The number of halogens is 1. The molecule has 0 fully saturated rings. The largest absolute Gasteiger partial charge is 0.493 e. The highest BCUT2D eigenvalue weighted by atomic mass is 19.1. The molecule has 0 aliphatic rings. The van der Waals surface area contributed by atoms with Gasteiger partial charge in [-0.1, -0.05) is 48.5 Å². The first kappa shape index (κ1) is 27.7. The van der Waals surface area contributed by atoms with Gasteiger partial charge in [-0.3, -0.25) is 9.59 Å². The van der Waals surface area contributed by atoms with Crippen LogP contribution in [0.5, 0.6) is 11.5 Å².